The monoisotopic (exact) mass is 272 g/mol. The lowest BCUT2D eigenvalue weighted by atomic mass is 10.3. The summed E-state index contributed by atoms with van der Waals surface area (Å²) >= 11 is 5.03. The molecule has 0 spiro atoms. The first-order valence-electron chi connectivity index (χ1n) is 5.70. The van der Waals surface area contributed by atoms with Gasteiger partial charge in [0.25, 0.3) is 0 Å². The van der Waals surface area contributed by atoms with Gasteiger partial charge in [-0.2, -0.15) is 0 Å². The Kier molecular flexibility index (Phi) is 5.57. The second-order valence-electron chi connectivity index (χ2n) is 3.41. The molecule has 1 saturated heterocycles. The number of carbonyl (C=O) groups excluding carboxylic acids is 2. The lowest BCUT2D eigenvalue weighted by molar-refractivity contribution is -0.146. The van der Waals surface area contributed by atoms with Crippen molar-refractivity contribution in [2.45, 2.75) is 13.8 Å². The SMILES string of the molecule is CCOC(=O)C(=CN1CCNC1=S)C(=O)OCC. The quantitative estimate of drug-likeness (QED) is 0.252. The highest BCUT2D eigenvalue weighted by atomic mass is 32.1. The van der Waals surface area contributed by atoms with Crippen LogP contribution in [-0.2, 0) is 19.1 Å². The molecular formula is C11H16N2O4S. The summed E-state index contributed by atoms with van der Waals surface area (Å²) in [6.45, 7) is 5.00. The molecule has 1 heterocycles. The van der Waals surface area contributed by atoms with Crippen molar-refractivity contribution in [1.82, 2.24) is 10.2 Å². The van der Waals surface area contributed by atoms with Crippen LogP contribution in [0.25, 0.3) is 0 Å². The summed E-state index contributed by atoms with van der Waals surface area (Å²) in [7, 11) is 0. The van der Waals surface area contributed by atoms with E-state index < -0.39 is 11.9 Å². The third-order valence-corrected chi connectivity index (χ3v) is 2.54. The zero-order valence-electron chi connectivity index (χ0n) is 10.4. The van der Waals surface area contributed by atoms with Gasteiger partial charge >= 0.3 is 11.9 Å². The first-order chi connectivity index (χ1) is 8.60. The van der Waals surface area contributed by atoms with Crippen molar-refractivity contribution in [1.29, 1.82) is 0 Å². The van der Waals surface area contributed by atoms with E-state index in [0.717, 1.165) is 0 Å². The average Bonchev–Trinajstić information content (AvgIpc) is 2.72. The molecule has 1 rings (SSSR count). The summed E-state index contributed by atoms with van der Waals surface area (Å²) in [5.41, 5.74) is -0.148. The van der Waals surface area contributed by atoms with Crippen molar-refractivity contribution in [2.75, 3.05) is 26.3 Å². The van der Waals surface area contributed by atoms with Crippen LogP contribution >= 0.6 is 12.2 Å². The van der Waals surface area contributed by atoms with Crippen molar-refractivity contribution in [3.05, 3.63) is 11.8 Å². The largest absolute Gasteiger partial charge is 0.462 e. The predicted octanol–water partition coefficient (Wildman–Crippen LogP) is 0.187. The smallest absolute Gasteiger partial charge is 0.347 e. The van der Waals surface area contributed by atoms with E-state index in [1.165, 1.54) is 6.20 Å². The zero-order valence-corrected chi connectivity index (χ0v) is 11.2. The fourth-order valence-electron chi connectivity index (χ4n) is 1.37. The molecule has 0 atom stereocenters. The first kappa shape index (κ1) is 14.4. The Morgan fingerprint density at radius 1 is 1.33 bits per heavy atom. The van der Waals surface area contributed by atoms with E-state index >= 15 is 0 Å². The molecule has 0 aromatic rings. The number of hydrogen-bond acceptors (Lipinski definition) is 5. The summed E-state index contributed by atoms with van der Waals surface area (Å²) < 4.78 is 9.64. The predicted molar refractivity (Wildman–Crippen MR) is 68.7 cm³/mol. The maximum absolute atomic E-state index is 11.7. The van der Waals surface area contributed by atoms with Gasteiger partial charge in [0.1, 0.15) is 0 Å². The molecule has 0 aromatic heterocycles. The van der Waals surface area contributed by atoms with Gasteiger partial charge in [-0.25, -0.2) is 9.59 Å². The Balaban J connectivity index is 2.88. The standard InChI is InChI=1S/C11H16N2O4S/c1-3-16-9(14)8(10(15)17-4-2)7-13-6-5-12-11(13)18/h7H,3-6H2,1-2H3,(H,12,18). The van der Waals surface area contributed by atoms with Gasteiger partial charge in [-0.05, 0) is 26.1 Å². The van der Waals surface area contributed by atoms with Crippen LogP contribution < -0.4 is 5.32 Å². The normalized spacial score (nSPS) is 13.9. The highest BCUT2D eigenvalue weighted by molar-refractivity contribution is 7.80. The number of nitrogens with one attached hydrogen (secondary N) is 1. The zero-order chi connectivity index (χ0) is 13.5. The van der Waals surface area contributed by atoms with Gasteiger partial charge in [-0.1, -0.05) is 0 Å². The summed E-state index contributed by atoms with van der Waals surface area (Å²) in [5.74, 6) is -1.41. The van der Waals surface area contributed by atoms with Crippen LogP contribution in [0, 0.1) is 0 Å². The molecule has 0 bridgehead atoms. The minimum absolute atomic E-state index is 0.148. The van der Waals surface area contributed by atoms with Crippen LogP contribution in [0.5, 0.6) is 0 Å². The van der Waals surface area contributed by atoms with Crippen molar-refractivity contribution in [2.24, 2.45) is 0 Å². The van der Waals surface area contributed by atoms with Crippen LogP contribution in [0.4, 0.5) is 0 Å². The fraction of sp³-hybridized carbons (Fsp3) is 0.545. The Morgan fingerprint density at radius 3 is 2.28 bits per heavy atom. The first-order valence-corrected chi connectivity index (χ1v) is 6.11. The Labute approximate surface area is 111 Å². The number of thiocarbonyl (C=S) groups is 1. The van der Waals surface area contributed by atoms with Crippen LogP contribution in [0.2, 0.25) is 0 Å². The van der Waals surface area contributed by atoms with E-state index in [4.69, 9.17) is 21.7 Å². The van der Waals surface area contributed by atoms with E-state index in [1.54, 1.807) is 18.7 Å². The number of rotatable bonds is 5. The van der Waals surface area contributed by atoms with Gasteiger partial charge in [0.05, 0.1) is 13.2 Å². The molecule has 0 aromatic carbocycles. The molecule has 0 aliphatic carbocycles. The summed E-state index contributed by atoms with van der Waals surface area (Å²) in [5, 5.41) is 3.40. The third kappa shape index (κ3) is 3.69. The van der Waals surface area contributed by atoms with Crippen LogP contribution in [0.3, 0.4) is 0 Å². The average molecular weight is 272 g/mol. The number of carbonyl (C=O) groups is 2. The van der Waals surface area contributed by atoms with Gasteiger partial charge in [-0.15, -0.1) is 0 Å². The maximum atomic E-state index is 11.7. The second kappa shape index (κ2) is 6.95. The molecule has 1 N–H and O–H groups in total. The van der Waals surface area contributed by atoms with E-state index in [1.807, 2.05) is 0 Å². The number of nitrogens with zero attached hydrogens (tertiary/aromatic N) is 1. The van der Waals surface area contributed by atoms with Crippen molar-refractivity contribution in [3.8, 4) is 0 Å². The third-order valence-electron chi connectivity index (χ3n) is 2.17. The minimum atomic E-state index is -0.703. The molecule has 0 amide bonds. The molecule has 0 saturated carbocycles. The van der Waals surface area contributed by atoms with Crippen LogP contribution in [0.15, 0.2) is 11.8 Å². The summed E-state index contributed by atoms with van der Waals surface area (Å²) in [6.07, 6.45) is 1.37. The molecule has 1 aliphatic rings. The van der Waals surface area contributed by atoms with E-state index in [-0.39, 0.29) is 18.8 Å². The molecule has 18 heavy (non-hydrogen) atoms. The lowest BCUT2D eigenvalue weighted by Crippen LogP contribution is -2.27. The molecule has 0 unspecified atom stereocenters. The fourth-order valence-corrected chi connectivity index (χ4v) is 1.62. The molecule has 0 radical (unpaired) electrons. The molecule has 6 nitrogen and oxygen atoms in total. The van der Waals surface area contributed by atoms with E-state index in [9.17, 15) is 9.59 Å². The molecular weight excluding hydrogens is 256 g/mol. The number of ether oxygens (including phenoxy) is 2. The van der Waals surface area contributed by atoms with Gasteiger partial charge < -0.3 is 19.7 Å². The van der Waals surface area contributed by atoms with E-state index in [0.29, 0.717) is 18.2 Å². The highest BCUT2D eigenvalue weighted by Crippen LogP contribution is 2.07. The number of esters is 2. The van der Waals surface area contributed by atoms with Gasteiger partial charge in [0.2, 0.25) is 0 Å². The molecule has 100 valence electrons. The van der Waals surface area contributed by atoms with E-state index in [2.05, 4.69) is 5.32 Å². The second-order valence-corrected chi connectivity index (χ2v) is 3.80. The van der Waals surface area contributed by atoms with Crippen molar-refractivity contribution < 1.29 is 19.1 Å². The lowest BCUT2D eigenvalue weighted by Gasteiger charge is -2.13. The van der Waals surface area contributed by atoms with Crippen molar-refractivity contribution >= 4 is 29.3 Å². The number of hydrogen-bond donors (Lipinski definition) is 1. The Morgan fingerprint density at radius 2 is 1.89 bits per heavy atom. The summed E-state index contributed by atoms with van der Waals surface area (Å²) in [4.78, 5) is 25.0. The van der Waals surface area contributed by atoms with Crippen LogP contribution in [0.1, 0.15) is 13.8 Å². The summed E-state index contributed by atoms with van der Waals surface area (Å²) in [6, 6.07) is 0. The van der Waals surface area contributed by atoms with Gasteiger partial charge in [0, 0.05) is 19.3 Å². The molecule has 1 aliphatic heterocycles. The Bertz CT molecular complexity index is 361. The van der Waals surface area contributed by atoms with Gasteiger partial charge in [-0.3, -0.25) is 0 Å². The highest BCUT2D eigenvalue weighted by Gasteiger charge is 2.24. The molecule has 1 fully saturated rings. The Hall–Kier alpha value is -1.63. The van der Waals surface area contributed by atoms with Gasteiger partial charge in [0.15, 0.2) is 10.7 Å². The maximum Gasteiger partial charge on any atom is 0.347 e. The topological polar surface area (TPSA) is 67.9 Å². The van der Waals surface area contributed by atoms with Crippen LogP contribution in [-0.4, -0.2) is 48.3 Å². The minimum Gasteiger partial charge on any atom is -0.462 e. The molecule has 7 heteroatoms. The van der Waals surface area contributed by atoms with Crippen molar-refractivity contribution in [3.63, 3.8) is 0 Å².